The van der Waals surface area contributed by atoms with Crippen molar-refractivity contribution in [2.45, 2.75) is 6.42 Å². The molecule has 0 unspecified atom stereocenters. The summed E-state index contributed by atoms with van der Waals surface area (Å²) in [5.41, 5.74) is 5.54. The number of rotatable bonds is 8. The highest BCUT2D eigenvalue weighted by Gasteiger charge is 2.13. The summed E-state index contributed by atoms with van der Waals surface area (Å²) in [5.74, 6) is 1.52. The first kappa shape index (κ1) is 14.7. The van der Waals surface area contributed by atoms with Gasteiger partial charge in [0.1, 0.15) is 0 Å². The Bertz CT molecular complexity index is 387. The zero-order chi connectivity index (χ0) is 13.4. The lowest BCUT2D eigenvalue weighted by Gasteiger charge is -2.24. The molecule has 1 rings (SSSR count). The molecule has 0 aliphatic carbocycles. The minimum absolute atomic E-state index is 0.493. The summed E-state index contributed by atoms with van der Waals surface area (Å²) in [6.07, 6.45) is 2.37. The molecule has 0 aliphatic rings. The van der Waals surface area contributed by atoms with E-state index in [-0.39, 0.29) is 0 Å². The molecule has 100 valence electrons. The van der Waals surface area contributed by atoms with Gasteiger partial charge >= 0.3 is 0 Å². The van der Waals surface area contributed by atoms with Gasteiger partial charge in [-0.2, -0.15) is 0 Å². The highest BCUT2D eigenvalue weighted by Crippen LogP contribution is 2.24. The van der Waals surface area contributed by atoms with E-state index in [1.165, 1.54) is 0 Å². The van der Waals surface area contributed by atoms with Crippen molar-refractivity contribution in [1.29, 1.82) is 0 Å². The second kappa shape index (κ2) is 7.84. The number of nitrogens with zero attached hydrogens (tertiary/aromatic N) is 2. The predicted molar refractivity (Wildman–Crippen MR) is 76.3 cm³/mol. The Hall–Kier alpha value is -1.40. The van der Waals surface area contributed by atoms with Gasteiger partial charge in [-0.1, -0.05) is 12.2 Å². The molecule has 0 saturated heterocycles. The fourth-order valence-corrected chi connectivity index (χ4v) is 1.64. The number of hydrogen-bond acceptors (Lipinski definition) is 5. The largest absolute Gasteiger partial charge is 0.493 e. The zero-order valence-electron chi connectivity index (χ0n) is 10.8. The van der Waals surface area contributed by atoms with Crippen molar-refractivity contribution < 1.29 is 9.47 Å². The van der Waals surface area contributed by atoms with E-state index in [1.807, 2.05) is 12.1 Å². The van der Waals surface area contributed by atoms with Gasteiger partial charge in [-0.25, -0.2) is 4.98 Å². The summed E-state index contributed by atoms with van der Waals surface area (Å²) in [6, 6.07) is 3.72. The Labute approximate surface area is 113 Å². The number of anilines is 1. The fourth-order valence-electron chi connectivity index (χ4n) is 1.55. The van der Waals surface area contributed by atoms with E-state index < -0.39 is 0 Å². The van der Waals surface area contributed by atoms with Gasteiger partial charge in [0.25, 0.3) is 0 Å². The number of aromatic nitrogens is 1. The maximum absolute atomic E-state index is 5.54. The normalized spacial score (nSPS) is 10.1. The number of methoxy groups -OCH3 is 2. The summed E-state index contributed by atoms with van der Waals surface area (Å²) in [6.45, 7) is 2.02. The van der Waals surface area contributed by atoms with Crippen LogP contribution >= 0.6 is 12.2 Å². The number of ether oxygens (including phenoxy) is 2. The first-order chi connectivity index (χ1) is 8.69. The summed E-state index contributed by atoms with van der Waals surface area (Å²) < 4.78 is 10.4. The first-order valence-electron chi connectivity index (χ1n) is 5.70. The monoisotopic (exact) mass is 269 g/mol. The topological polar surface area (TPSA) is 60.6 Å². The maximum atomic E-state index is 5.54. The molecule has 1 heterocycles. The Morgan fingerprint density at radius 2 is 2.22 bits per heavy atom. The molecule has 5 nitrogen and oxygen atoms in total. The summed E-state index contributed by atoms with van der Waals surface area (Å²) in [7, 11) is 3.30. The predicted octanol–water partition coefficient (Wildman–Crippen LogP) is 1.22. The van der Waals surface area contributed by atoms with Gasteiger partial charge in [-0.15, -0.1) is 0 Å². The number of nitrogens with two attached hydrogens (primary N) is 1. The Morgan fingerprint density at radius 1 is 1.44 bits per heavy atom. The van der Waals surface area contributed by atoms with Crippen LogP contribution in [0.5, 0.6) is 5.75 Å². The van der Waals surface area contributed by atoms with Crippen LogP contribution in [0.1, 0.15) is 6.42 Å². The van der Waals surface area contributed by atoms with E-state index in [0.717, 1.165) is 11.6 Å². The Kier molecular flexibility index (Phi) is 6.38. The van der Waals surface area contributed by atoms with Crippen LogP contribution in [0.2, 0.25) is 0 Å². The van der Waals surface area contributed by atoms with Crippen LogP contribution < -0.4 is 15.4 Å². The summed E-state index contributed by atoms with van der Waals surface area (Å²) in [4.78, 5) is 6.89. The van der Waals surface area contributed by atoms with Crippen LogP contribution in [0.4, 0.5) is 5.82 Å². The average molecular weight is 269 g/mol. The number of pyridine rings is 1. The molecule has 0 fully saturated rings. The van der Waals surface area contributed by atoms with E-state index in [2.05, 4.69) is 9.88 Å². The van der Waals surface area contributed by atoms with Crippen LogP contribution in [0.15, 0.2) is 18.3 Å². The van der Waals surface area contributed by atoms with E-state index in [0.29, 0.717) is 31.1 Å². The van der Waals surface area contributed by atoms with Gasteiger partial charge in [-0.3, -0.25) is 0 Å². The second-order valence-corrected chi connectivity index (χ2v) is 4.25. The van der Waals surface area contributed by atoms with Crippen molar-refractivity contribution >= 4 is 23.0 Å². The van der Waals surface area contributed by atoms with Crippen LogP contribution in [-0.4, -0.2) is 43.9 Å². The standard InChI is InChI=1S/C12H19N3O2S/c1-16-9-8-15(7-5-11(13)18)12-10(17-2)4-3-6-14-12/h3-4,6H,5,7-9H2,1-2H3,(H2,13,18). The van der Waals surface area contributed by atoms with Gasteiger partial charge in [0.2, 0.25) is 0 Å². The van der Waals surface area contributed by atoms with Crippen molar-refractivity contribution in [2.24, 2.45) is 5.73 Å². The second-order valence-electron chi connectivity index (χ2n) is 3.73. The molecule has 0 atom stereocenters. The van der Waals surface area contributed by atoms with Crippen molar-refractivity contribution in [1.82, 2.24) is 4.98 Å². The van der Waals surface area contributed by atoms with Crippen LogP contribution in [0.25, 0.3) is 0 Å². The van der Waals surface area contributed by atoms with E-state index in [4.69, 9.17) is 27.4 Å². The molecule has 18 heavy (non-hydrogen) atoms. The van der Waals surface area contributed by atoms with Crippen molar-refractivity contribution in [2.75, 3.05) is 38.8 Å². The fraction of sp³-hybridized carbons (Fsp3) is 0.500. The van der Waals surface area contributed by atoms with Gasteiger partial charge in [0.15, 0.2) is 11.6 Å². The highest BCUT2D eigenvalue weighted by molar-refractivity contribution is 7.80. The lowest BCUT2D eigenvalue weighted by molar-refractivity contribution is 0.205. The molecule has 0 spiro atoms. The van der Waals surface area contributed by atoms with E-state index >= 15 is 0 Å². The minimum Gasteiger partial charge on any atom is -0.493 e. The third-order valence-corrected chi connectivity index (χ3v) is 2.67. The molecule has 1 aromatic rings. The Balaban J connectivity index is 2.82. The summed E-state index contributed by atoms with van der Waals surface area (Å²) in [5, 5.41) is 0. The quantitative estimate of drug-likeness (QED) is 0.716. The SMILES string of the molecule is COCCN(CCC(N)=S)c1ncccc1OC. The zero-order valence-corrected chi connectivity index (χ0v) is 11.6. The van der Waals surface area contributed by atoms with Gasteiger partial charge in [0, 0.05) is 32.8 Å². The van der Waals surface area contributed by atoms with E-state index in [9.17, 15) is 0 Å². The first-order valence-corrected chi connectivity index (χ1v) is 6.11. The van der Waals surface area contributed by atoms with Gasteiger partial charge < -0.3 is 20.1 Å². The molecule has 0 amide bonds. The van der Waals surface area contributed by atoms with Crippen molar-refractivity contribution in [3.05, 3.63) is 18.3 Å². The molecule has 0 aromatic carbocycles. The minimum atomic E-state index is 0.493. The molecule has 0 saturated carbocycles. The average Bonchev–Trinajstić information content (AvgIpc) is 2.38. The highest BCUT2D eigenvalue weighted by atomic mass is 32.1. The third-order valence-electron chi connectivity index (χ3n) is 2.46. The van der Waals surface area contributed by atoms with Crippen LogP contribution in [0, 0.1) is 0 Å². The van der Waals surface area contributed by atoms with E-state index in [1.54, 1.807) is 20.4 Å². The molecule has 2 N–H and O–H groups in total. The molecule has 1 aromatic heterocycles. The van der Waals surface area contributed by atoms with Crippen LogP contribution in [-0.2, 0) is 4.74 Å². The lowest BCUT2D eigenvalue weighted by atomic mass is 10.3. The third kappa shape index (κ3) is 4.46. The lowest BCUT2D eigenvalue weighted by Crippen LogP contribution is -2.31. The molecule has 0 aliphatic heterocycles. The van der Waals surface area contributed by atoms with Crippen molar-refractivity contribution in [3.63, 3.8) is 0 Å². The maximum Gasteiger partial charge on any atom is 0.171 e. The molecule has 0 bridgehead atoms. The Morgan fingerprint density at radius 3 is 2.83 bits per heavy atom. The molecular weight excluding hydrogens is 250 g/mol. The molecule has 6 heteroatoms. The van der Waals surface area contributed by atoms with Gasteiger partial charge in [0.05, 0.1) is 18.7 Å². The number of hydrogen-bond donors (Lipinski definition) is 1. The van der Waals surface area contributed by atoms with Gasteiger partial charge in [-0.05, 0) is 12.1 Å². The molecular formula is C12H19N3O2S. The van der Waals surface area contributed by atoms with Crippen molar-refractivity contribution in [3.8, 4) is 5.75 Å². The summed E-state index contributed by atoms with van der Waals surface area (Å²) >= 11 is 4.91. The molecule has 0 radical (unpaired) electrons. The van der Waals surface area contributed by atoms with Crippen LogP contribution in [0.3, 0.4) is 0 Å². The smallest absolute Gasteiger partial charge is 0.171 e. The number of thiocarbonyl (C=S) groups is 1.